The third-order valence-electron chi connectivity index (χ3n) is 3.11. The summed E-state index contributed by atoms with van der Waals surface area (Å²) >= 11 is 3.07. The molecule has 1 aliphatic rings. The topological polar surface area (TPSA) is 67.6 Å². The maximum atomic E-state index is 13.4. The van der Waals surface area contributed by atoms with Crippen molar-refractivity contribution in [2.75, 3.05) is 43.9 Å². The van der Waals surface area contributed by atoms with Crippen LogP contribution < -0.4 is 11.1 Å². The van der Waals surface area contributed by atoms with E-state index in [0.29, 0.717) is 55.1 Å². The van der Waals surface area contributed by atoms with E-state index in [1.165, 1.54) is 12.1 Å². The van der Waals surface area contributed by atoms with E-state index in [4.69, 9.17) is 10.5 Å². The highest BCUT2D eigenvalue weighted by Crippen LogP contribution is 2.26. The van der Waals surface area contributed by atoms with E-state index in [9.17, 15) is 9.18 Å². The zero-order valence-corrected chi connectivity index (χ0v) is 12.6. The SMILES string of the molecule is Nc1cc(Br)c(F)cc1NCCC(=O)N1CCOCC1. The van der Waals surface area contributed by atoms with E-state index < -0.39 is 0 Å². The first-order valence-electron chi connectivity index (χ1n) is 6.42. The Hall–Kier alpha value is -1.34. The molecule has 0 atom stereocenters. The van der Waals surface area contributed by atoms with Crippen molar-refractivity contribution in [2.24, 2.45) is 0 Å². The molecule has 1 fully saturated rings. The number of carbonyl (C=O) groups is 1. The number of nitrogens with two attached hydrogens (primary N) is 1. The van der Waals surface area contributed by atoms with Gasteiger partial charge >= 0.3 is 0 Å². The standard InChI is InChI=1S/C13H17BrFN3O2/c14-9-7-11(16)12(8-10(9)15)17-2-1-13(19)18-3-5-20-6-4-18/h7-8,17H,1-6,16H2. The van der Waals surface area contributed by atoms with Gasteiger partial charge in [-0.1, -0.05) is 0 Å². The number of hydrogen-bond acceptors (Lipinski definition) is 4. The summed E-state index contributed by atoms with van der Waals surface area (Å²) in [7, 11) is 0. The fraction of sp³-hybridized carbons (Fsp3) is 0.462. The van der Waals surface area contributed by atoms with Crippen LogP contribution in [0.2, 0.25) is 0 Å². The lowest BCUT2D eigenvalue weighted by atomic mass is 10.2. The molecule has 1 heterocycles. The van der Waals surface area contributed by atoms with E-state index in [2.05, 4.69) is 21.2 Å². The Kier molecular flexibility index (Phi) is 5.19. The van der Waals surface area contributed by atoms with Gasteiger partial charge in [-0.3, -0.25) is 4.79 Å². The first-order valence-corrected chi connectivity index (χ1v) is 7.21. The van der Waals surface area contributed by atoms with Gasteiger partial charge in [-0.05, 0) is 22.0 Å². The minimum absolute atomic E-state index is 0.0666. The molecule has 1 aromatic rings. The zero-order valence-electron chi connectivity index (χ0n) is 11.0. The molecule has 0 radical (unpaired) electrons. The van der Waals surface area contributed by atoms with E-state index in [0.717, 1.165) is 0 Å². The van der Waals surface area contributed by atoms with Crippen LogP contribution in [0.1, 0.15) is 6.42 Å². The highest BCUT2D eigenvalue weighted by molar-refractivity contribution is 9.10. The van der Waals surface area contributed by atoms with Gasteiger partial charge in [0.25, 0.3) is 0 Å². The predicted molar refractivity (Wildman–Crippen MR) is 79.0 cm³/mol. The Morgan fingerprint density at radius 3 is 2.85 bits per heavy atom. The number of nitrogen functional groups attached to an aromatic ring is 1. The van der Waals surface area contributed by atoms with Crippen LogP contribution in [0.4, 0.5) is 15.8 Å². The van der Waals surface area contributed by atoms with Gasteiger partial charge in [0.2, 0.25) is 5.91 Å². The maximum Gasteiger partial charge on any atom is 0.224 e. The summed E-state index contributed by atoms with van der Waals surface area (Å²) in [6, 6.07) is 2.82. The smallest absolute Gasteiger partial charge is 0.224 e. The molecule has 0 aliphatic carbocycles. The molecule has 5 nitrogen and oxygen atoms in total. The first-order chi connectivity index (χ1) is 9.58. The van der Waals surface area contributed by atoms with Crippen molar-refractivity contribution >= 4 is 33.2 Å². The summed E-state index contributed by atoms with van der Waals surface area (Å²) in [6.07, 6.45) is 0.344. The Balaban J connectivity index is 1.83. The summed E-state index contributed by atoms with van der Waals surface area (Å²) in [5.74, 6) is -0.321. The largest absolute Gasteiger partial charge is 0.397 e. The second-order valence-electron chi connectivity index (χ2n) is 4.52. The number of carbonyl (C=O) groups excluding carboxylic acids is 1. The fourth-order valence-corrected chi connectivity index (χ4v) is 2.35. The van der Waals surface area contributed by atoms with Crippen LogP contribution in [0.15, 0.2) is 16.6 Å². The monoisotopic (exact) mass is 345 g/mol. The first kappa shape index (κ1) is 15.1. The highest BCUT2D eigenvalue weighted by Gasteiger charge is 2.16. The molecule has 0 bridgehead atoms. The molecule has 20 heavy (non-hydrogen) atoms. The summed E-state index contributed by atoms with van der Waals surface area (Å²) in [5.41, 5.74) is 6.72. The molecule has 1 saturated heterocycles. The van der Waals surface area contributed by atoms with Crippen molar-refractivity contribution in [3.63, 3.8) is 0 Å². The lowest BCUT2D eigenvalue weighted by molar-refractivity contribution is -0.134. The van der Waals surface area contributed by atoms with Crippen molar-refractivity contribution < 1.29 is 13.9 Å². The molecule has 0 aromatic heterocycles. The quantitative estimate of drug-likeness (QED) is 0.817. The van der Waals surface area contributed by atoms with Crippen LogP contribution in [0, 0.1) is 5.82 Å². The van der Waals surface area contributed by atoms with Crippen molar-refractivity contribution in [3.05, 3.63) is 22.4 Å². The number of ether oxygens (including phenoxy) is 1. The summed E-state index contributed by atoms with van der Waals surface area (Å²) in [5, 5.41) is 2.99. The number of rotatable bonds is 4. The molecular formula is C13H17BrFN3O2. The van der Waals surface area contributed by atoms with Crippen LogP contribution in [-0.2, 0) is 9.53 Å². The molecule has 0 unspecified atom stereocenters. The molecule has 1 aliphatic heterocycles. The number of morpholine rings is 1. The summed E-state index contributed by atoms with van der Waals surface area (Å²) in [6.45, 7) is 2.86. The van der Waals surface area contributed by atoms with Crippen LogP contribution in [0.5, 0.6) is 0 Å². The zero-order chi connectivity index (χ0) is 14.5. The van der Waals surface area contributed by atoms with Crippen LogP contribution >= 0.6 is 15.9 Å². The second-order valence-corrected chi connectivity index (χ2v) is 5.38. The van der Waals surface area contributed by atoms with Gasteiger partial charge in [-0.25, -0.2) is 4.39 Å². The van der Waals surface area contributed by atoms with Gasteiger partial charge in [0.05, 0.1) is 29.1 Å². The summed E-state index contributed by atoms with van der Waals surface area (Å²) in [4.78, 5) is 13.7. The van der Waals surface area contributed by atoms with Crippen molar-refractivity contribution in [3.8, 4) is 0 Å². The minimum atomic E-state index is -0.388. The minimum Gasteiger partial charge on any atom is -0.397 e. The number of nitrogens with one attached hydrogen (secondary N) is 1. The summed E-state index contributed by atoms with van der Waals surface area (Å²) < 4.78 is 18.9. The molecule has 2 rings (SSSR count). The molecule has 1 amide bonds. The highest BCUT2D eigenvalue weighted by atomic mass is 79.9. The normalized spacial score (nSPS) is 15.2. The second kappa shape index (κ2) is 6.90. The number of halogens is 2. The number of amides is 1. The lowest BCUT2D eigenvalue weighted by Gasteiger charge is -2.27. The fourth-order valence-electron chi connectivity index (χ4n) is 1.99. The maximum absolute atomic E-state index is 13.4. The molecular weight excluding hydrogens is 329 g/mol. The number of anilines is 2. The average molecular weight is 346 g/mol. The van der Waals surface area contributed by atoms with Gasteiger partial charge < -0.3 is 20.7 Å². The van der Waals surface area contributed by atoms with Gasteiger partial charge in [-0.15, -0.1) is 0 Å². The van der Waals surface area contributed by atoms with Gasteiger partial charge in [0, 0.05) is 32.1 Å². The Labute approximate surface area is 125 Å². The molecule has 3 N–H and O–H groups in total. The van der Waals surface area contributed by atoms with Gasteiger partial charge in [0.15, 0.2) is 0 Å². The van der Waals surface area contributed by atoms with Crippen LogP contribution in [0.3, 0.4) is 0 Å². The van der Waals surface area contributed by atoms with Crippen LogP contribution in [-0.4, -0.2) is 43.7 Å². The van der Waals surface area contributed by atoms with E-state index in [-0.39, 0.29) is 11.7 Å². The number of nitrogens with zero attached hydrogens (tertiary/aromatic N) is 1. The van der Waals surface area contributed by atoms with Gasteiger partial charge in [0.1, 0.15) is 5.82 Å². The third-order valence-corrected chi connectivity index (χ3v) is 3.72. The van der Waals surface area contributed by atoms with E-state index in [1.54, 1.807) is 4.90 Å². The van der Waals surface area contributed by atoms with Crippen molar-refractivity contribution in [2.45, 2.75) is 6.42 Å². The number of hydrogen-bond donors (Lipinski definition) is 2. The average Bonchev–Trinajstić information content (AvgIpc) is 2.45. The van der Waals surface area contributed by atoms with Crippen molar-refractivity contribution in [1.82, 2.24) is 4.90 Å². The van der Waals surface area contributed by atoms with E-state index >= 15 is 0 Å². The molecule has 0 saturated carbocycles. The predicted octanol–water partition coefficient (Wildman–Crippen LogP) is 1.83. The van der Waals surface area contributed by atoms with Gasteiger partial charge in [-0.2, -0.15) is 0 Å². The van der Waals surface area contributed by atoms with E-state index in [1.807, 2.05) is 0 Å². The van der Waals surface area contributed by atoms with Crippen molar-refractivity contribution in [1.29, 1.82) is 0 Å². The third kappa shape index (κ3) is 3.83. The Bertz CT molecular complexity index is 493. The molecule has 110 valence electrons. The molecule has 0 spiro atoms. The molecule has 7 heteroatoms. The van der Waals surface area contributed by atoms with Crippen LogP contribution in [0.25, 0.3) is 0 Å². The molecule has 1 aromatic carbocycles. The Morgan fingerprint density at radius 2 is 2.15 bits per heavy atom. The Morgan fingerprint density at radius 1 is 1.45 bits per heavy atom. The lowest BCUT2D eigenvalue weighted by Crippen LogP contribution is -2.41. The number of benzene rings is 1.